The molecule has 0 spiro atoms. The van der Waals surface area contributed by atoms with Crippen molar-refractivity contribution in [1.82, 2.24) is 24.8 Å². The molecule has 9 nitrogen and oxygen atoms in total. The topological polar surface area (TPSA) is 129 Å². The lowest BCUT2D eigenvalue weighted by atomic mass is 9.80. The van der Waals surface area contributed by atoms with Crippen LogP contribution in [0.15, 0.2) is 30.3 Å². The lowest BCUT2D eigenvalue weighted by Gasteiger charge is -2.32. The Balaban J connectivity index is 1.63. The van der Waals surface area contributed by atoms with Crippen molar-refractivity contribution in [1.29, 1.82) is 5.41 Å². The Morgan fingerprint density at radius 2 is 1.79 bits per heavy atom. The van der Waals surface area contributed by atoms with Crippen molar-refractivity contribution < 1.29 is 9.90 Å². The zero-order chi connectivity index (χ0) is 26.8. The zero-order valence-corrected chi connectivity index (χ0v) is 22.6. The predicted molar refractivity (Wildman–Crippen MR) is 149 cm³/mol. The molecule has 2 atom stereocenters. The monoisotopic (exact) mass is 517 g/mol. The molecule has 1 amide bonds. The van der Waals surface area contributed by atoms with E-state index in [9.17, 15) is 9.90 Å². The van der Waals surface area contributed by atoms with Gasteiger partial charge in [-0.15, -0.1) is 0 Å². The van der Waals surface area contributed by atoms with Crippen LogP contribution < -0.4 is 10.6 Å². The Hall–Kier alpha value is -3.49. The summed E-state index contributed by atoms with van der Waals surface area (Å²) in [6.07, 6.45) is 7.15. The maximum absolute atomic E-state index is 11.3. The summed E-state index contributed by atoms with van der Waals surface area (Å²) in [5.41, 5.74) is 2.52. The summed E-state index contributed by atoms with van der Waals surface area (Å²) in [5.74, 6) is 3.15. The van der Waals surface area contributed by atoms with E-state index < -0.39 is 6.09 Å². The van der Waals surface area contributed by atoms with Gasteiger partial charge in [-0.05, 0) is 55.9 Å². The first kappa shape index (κ1) is 26.1. The molecule has 0 radical (unpaired) electrons. The number of imidazole rings is 1. The molecule has 0 aliphatic heterocycles. The highest BCUT2D eigenvalue weighted by Gasteiger charge is 2.29. The van der Waals surface area contributed by atoms with E-state index >= 15 is 0 Å². The Bertz CT molecular complexity index is 1290. The van der Waals surface area contributed by atoms with E-state index in [0.717, 1.165) is 23.8 Å². The normalized spacial score (nSPS) is 21.4. The third-order valence-electron chi connectivity index (χ3n) is 8.57. The van der Waals surface area contributed by atoms with Gasteiger partial charge in [0.05, 0.1) is 0 Å². The molecule has 5 rings (SSSR count). The van der Waals surface area contributed by atoms with Gasteiger partial charge in [0.1, 0.15) is 11.3 Å². The fourth-order valence-electron chi connectivity index (χ4n) is 5.88. The Kier molecular flexibility index (Phi) is 7.63. The maximum atomic E-state index is 11.3. The van der Waals surface area contributed by atoms with Crippen LogP contribution in [0.2, 0.25) is 0 Å². The SMILES string of the molecule is CC(c1ccccc1)c1nc2nc(C(=N)NC(=O)O)nc(N[C@H](C)C3CCC3)c2n1C[C@H]1CC[C@H](C)CC1. The second-order valence-corrected chi connectivity index (χ2v) is 11.3. The van der Waals surface area contributed by atoms with Crippen LogP contribution in [0.5, 0.6) is 0 Å². The number of anilines is 1. The number of carbonyl (C=O) groups is 1. The number of nitrogens with one attached hydrogen (secondary N) is 3. The van der Waals surface area contributed by atoms with Gasteiger partial charge in [0.25, 0.3) is 0 Å². The summed E-state index contributed by atoms with van der Waals surface area (Å²) in [6.45, 7) is 7.53. The molecule has 38 heavy (non-hydrogen) atoms. The highest BCUT2D eigenvalue weighted by atomic mass is 16.4. The first-order valence-corrected chi connectivity index (χ1v) is 14.0. The van der Waals surface area contributed by atoms with Gasteiger partial charge >= 0.3 is 6.09 Å². The second-order valence-electron chi connectivity index (χ2n) is 11.3. The minimum absolute atomic E-state index is 0.0262. The smallest absolute Gasteiger partial charge is 0.410 e. The van der Waals surface area contributed by atoms with E-state index in [-0.39, 0.29) is 23.6 Å². The number of fused-ring (bicyclic) bond motifs is 1. The fraction of sp³-hybridized carbons (Fsp3) is 0.552. The van der Waals surface area contributed by atoms with Crippen LogP contribution in [0.25, 0.3) is 11.2 Å². The molecule has 1 aromatic carbocycles. The molecule has 0 saturated heterocycles. The number of nitrogens with zero attached hydrogens (tertiary/aromatic N) is 4. The quantitative estimate of drug-likeness (QED) is 0.214. The number of hydrogen-bond acceptors (Lipinski definition) is 6. The summed E-state index contributed by atoms with van der Waals surface area (Å²) in [5, 5.41) is 23.2. The largest absolute Gasteiger partial charge is 0.465 e. The number of hydrogen-bond donors (Lipinski definition) is 4. The first-order chi connectivity index (χ1) is 18.3. The molecule has 2 aromatic heterocycles. The van der Waals surface area contributed by atoms with E-state index in [4.69, 9.17) is 15.4 Å². The van der Waals surface area contributed by atoms with Gasteiger partial charge in [-0.25, -0.2) is 19.7 Å². The van der Waals surface area contributed by atoms with Crippen LogP contribution in [-0.4, -0.2) is 42.6 Å². The van der Waals surface area contributed by atoms with Gasteiger partial charge < -0.3 is 15.0 Å². The van der Waals surface area contributed by atoms with Crippen LogP contribution in [0.1, 0.15) is 88.8 Å². The average molecular weight is 518 g/mol. The molecular formula is C29H39N7O2. The van der Waals surface area contributed by atoms with E-state index in [2.05, 4.69) is 53.1 Å². The molecule has 2 heterocycles. The van der Waals surface area contributed by atoms with Crippen molar-refractivity contribution in [2.75, 3.05) is 5.32 Å². The molecule has 2 aliphatic rings. The molecule has 1 unspecified atom stereocenters. The fourth-order valence-corrected chi connectivity index (χ4v) is 5.88. The standard InChI is InChI=1S/C29H39N7O2/c1-17-12-14-20(15-13-17)16-36-23-25(31-19(3)22-10-7-11-22)33-27(24(30)32-29(37)38)34-26(23)35-28(36)18(2)21-8-5-4-6-9-21/h4-6,8-9,17-20,22H,7,10-16H2,1-3H3,(H2,30,32)(H,37,38)(H,31,33,34)/t17-,18?,19-,20-/m1/s1. The molecule has 3 aromatic rings. The predicted octanol–water partition coefficient (Wildman–Crippen LogP) is 6.00. The highest BCUT2D eigenvalue weighted by molar-refractivity contribution is 6.03. The van der Waals surface area contributed by atoms with Crippen molar-refractivity contribution in [3.8, 4) is 0 Å². The third-order valence-corrected chi connectivity index (χ3v) is 8.57. The number of carboxylic acid groups (broad SMARTS) is 1. The van der Waals surface area contributed by atoms with Crippen LogP contribution in [0.3, 0.4) is 0 Å². The van der Waals surface area contributed by atoms with E-state index in [0.29, 0.717) is 23.3 Å². The molecular weight excluding hydrogens is 478 g/mol. The minimum atomic E-state index is -1.31. The van der Waals surface area contributed by atoms with Gasteiger partial charge in [-0.2, -0.15) is 0 Å². The summed E-state index contributed by atoms with van der Waals surface area (Å²) in [7, 11) is 0. The molecule has 9 heteroatoms. The van der Waals surface area contributed by atoms with Crippen molar-refractivity contribution >= 4 is 28.9 Å². The molecule has 4 N–H and O–H groups in total. The lowest BCUT2D eigenvalue weighted by molar-refractivity contribution is 0.200. The maximum Gasteiger partial charge on any atom is 0.410 e. The van der Waals surface area contributed by atoms with E-state index in [1.54, 1.807) is 0 Å². The zero-order valence-electron chi connectivity index (χ0n) is 22.6. The number of aromatic nitrogens is 4. The first-order valence-electron chi connectivity index (χ1n) is 14.0. The third kappa shape index (κ3) is 5.51. The summed E-state index contributed by atoms with van der Waals surface area (Å²) >= 11 is 0. The Morgan fingerprint density at radius 3 is 2.42 bits per heavy atom. The van der Waals surface area contributed by atoms with Crippen molar-refractivity contribution in [2.45, 2.75) is 84.2 Å². The number of amides is 1. The van der Waals surface area contributed by atoms with Crippen molar-refractivity contribution in [3.05, 3.63) is 47.5 Å². The molecule has 0 bridgehead atoms. The van der Waals surface area contributed by atoms with Gasteiger partial charge in [0, 0.05) is 18.5 Å². The molecule has 2 saturated carbocycles. The van der Waals surface area contributed by atoms with E-state index in [1.807, 2.05) is 18.2 Å². The van der Waals surface area contributed by atoms with Gasteiger partial charge in [0.15, 0.2) is 23.1 Å². The highest BCUT2D eigenvalue weighted by Crippen LogP contribution is 2.36. The number of amidine groups is 1. The summed E-state index contributed by atoms with van der Waals surface area (Å²) < 4.78 is 2.31. The lowest BCUT2D eigenvalue weighted by Crippen LogP contribution is -2.33. The van der Waals surface area contributed by atoms with Crippen LogP contribution in [-0.2, 0) is 6.54 Å². The molecule has 202 valence electrons. The van der Waals surface area contributed by atoms with Crippen LogP contribution in [0.4, 0.5) is 10.6 Å². The second kappa shape index (κ2) is 11.1. The minimum Gasteiger partial charge on any atom is -0.465 e. The number of rotatable bonds is 8. The van der Waals surface area contributed by atoms with Gasteiger partial charge in [0.2, 0.25) is 0 Å². The van der Waals surface area contributed by atoms with Crippen LogP contribution in [0, 0.1) is 23.2 Å². The average Bonchev–Trinajstić information content (AvgIpc) is 3.22. The van der Waals surface area contributed by atoms with E-state index in [1.165, 1.54) is 50.5 Å². The van der Waals surface area contributed by atoms with Crippen LogP contribution >= 0.6 is 0 Å². The summed E-state index contributed by atoms with van der Waals surface area (Å²) in [4.78, 5) is 25.6. The summed E-state index contributed by atoms with van der Waals surface area (Å²) in [6, 6.07) is 10.6. The van der Waals surface area contributed by atoms with Gasteiger partial charge in [-0.1, -0.05) is 63.4 Å². The number of benzene rings is 1. The van der Waals surface area contributed by atoms with Crippen molar-refractivity contribution in [2.24, 2.45) is 17.8 Å². The molecule has 2 aliphatic carbocycles. The molecule has 2 fully saturated rings. The van der Waals surface area contributed by atoms with Crippen molar-refractivity contribution in [3.63, 3.8) is 0 Å². The van der Waals surface area contributed by atoms with Gasteiger partial charge in [-0.3, -0.25) is 10.7 Å². The Labute approximate surface area is 224 Å². The Morgan fingerprint density at radius 1 is 1.08 bits per heavy atom.